The number of amides is 1. The lowest BCUT2D eigenvalue weighted by Gasteiger charge is -2.19. The van der Waals surface area contributed by atoms with Gasteiger partial charge in [-0.05, 0) is 25.2 Å². The molecule has 0 aliphatic heterocycles. The molecule has 1 aliphatic carbocycles. The molecule has 90 valence electrons. The molecule has 0 aromatic heterocycles. The number of carbonyl (C=O) groups is 1. The van der Waals surface area contributed by atoms with Crippen LogP contribution in [-0.4, -0.2) is 23.9 Å². The number of hydrogen-bond acceptors (Lipinski definition) is 1. The summed E-state index contributed by atoms with van der Waals surface area (Å²) < 4.78 is 0. The summed E-state index contributed by atoms with van der Waals surface area (Å²) in [5.74, 6) is 3.57. The van der Waals surface area contributed by atoms with Gasteiger partial charge in [-0.15, -0.1) is 6.42 Å². The molecule has 1 saturated carbocycles. The average Bonchev–Trinajstić information content (AvgIpc) is 3.07. The van der Waals surface area contributed by atoms with Gasteiger partial charge < -0.3 is 4.90 Å². The van der Waals surface area contributed by atoms with Crippen molar-refractivity contribution in [2.75, 3.05) is 13.1 Å². The van der Waals surface area contributed by atoms with E-state index >= 15 is 0 Å². The first kappa shape index (κ1) is 13.1. The maximum Gasteiger partial charge on any atom is 0.223 e. The van der Waals surface area contributed by atoms with Crippen molar-refractivity contribution in [2.24, 2.45) is 5.92 Å². The zero-order valence-electron chi connectivity index (χ0n) is 10.4. The predicted molar refractivity (Wildman–Crippen MR) is 66.9 cm³/mol. The van der Waals surface area contributed by atoms with Crippen LogP contribution >= 0.6 is 0 Å². The van der Waals surface area contributed by atoms with E-state index in [0.29, 0.717) is 13.0 Å². The third-order valence-electron chi connectivity index (χ3n) is 3.05. The summed E-state index contributed by atoms with van der Waals surface area (Å²) in [6.07, 6.45) is 13.1. The molecule has 0 aromatic carbocycles. The van der Waals surface area contributed by atoms with Gasteiger partial charge in [0.05, 0.1) is 6.54 Å². The van der Waals surface area contributed by atoms with Crippen molar-refractivity contribution in [3.05, 3.63) is 0 Å². The van der Waals surface area contributed by atoms with Crippen LogP contribution in [0.25, 0.3) is 0 Å². The van der Waals surface area contributed by atoms with Crippen molar-refractivity contribution in [1.29, 1.82) is 0 Å². The smallest absolute Gasteiger partial charge is 0.223 e. The molecule has 2 heteroatoms. The van der Waals surface area contributed by atoms with Crippen LogP contribution in [0, 0.1) is 18.3 Å². The standard InChI is InChI=1S/C14H23NO/c1-3-5-6-7-8-14(16)15(11-4-2)12-13-9-10-13/h2,13H,3,5-12H2,1H3. The highest BCUT2D eigenvalue weighted by atomic mass is 16.2. The maximum absolute atomic E-state index is 11.9. The fourth-order valence-electron chi connectivity index (χ4n) is 1.84. The van der Waals surface area contributed by atoms with E-state index in [0.717, 1.165) is 25.3 Å². The highest BCUT2D eigenvalue weighted by Crippen LogP contribution is 2.29. The molecule has 0 bridgehead atoms. The Bertz CT molecular complexity index is 250. The number of hydrogen-bond donors (Lipinski definition) is 0. The minimum atomic E-state index is 0.251. The number of rotatable bonds is 8. The minimum absolute atomic E-state index is 0.251. The average molecular weight is 221 g/mol. The van der Waals surface area contributed by atoms with Gasteiger partial charge in [-0.2, -0.15) is 0 Å². The number of carbonyl (C=O) groups excluding carboxylic acids is 1. The molecular weight excluding hydrogens is 198 g/mol. The van der Waals surface area contributed by atoms with E-state index in [-0.39, 0.29) is 5.91 Å². The van der Waals surface area contributed by atoms with E-state index < -0.39 is 0 Å². The Kier molecular flexibility index (Phi) is 6.00. The normalized spacial score (nSPS) is 14.5. The van der Waals surface area contributed by atoms with Crippen molar-refractivity contribution in [2.45, 2.75) is 51.9 Å². The quantitative estimate of drug-likeness (QED) is 0.456. The van der Waals surface area contributed by atoms with Crippen LogP contribution in [0.5, 0.6) is 0 Å². The third-order valence-corrected chi connectivity index (χ3v) is 3.05. The fraction of sp³-hybridized carbons (Fsp3) is 0.786. The van der Waals surface area contributed by atoms with E-state index in [9.17, 15) is 4.79 Å². The van der Waals surface area contributed by atoms with Gasteiger partial charge in [0.15, 0.2) is 0 Å². The number of unbranched alkanes of at least 4 members (excludes halogenated alkanes) is 3. The van der Waals surface area contributed by atoms with Crippen molar-refractivity contribution in [3.63, 3.8) is 0 Å². The van der Waals surface area contributed by atoms with Crippen LogP contribution < -0.4 is 0 Å². The van der Waals surface area contributed by atoms with E-state index in [1.807, 2.05) is 4.90 Å². The lowest BCUT2D eigenvalue weighted by atomic mass is 10.1. The van der Waals surface area contributed by atoms with E-state index in [4.69, 9.17) is 6.42 Å². The summed E-state index contributed by atoms with van der Waals surface area (Å²) in [5, 5.41) is 0. The van der Waals surface area contributed by atoms with Gasteiger partial charge in [0.2, 0.25) is 5.91 Å². The highest BCUT2D eigenvalue weighted by Gasteiger charge is 2.25. The summed E-state index contributed by atoms with van der Waals surface area (Å²) in [5.41, 5.74) is 0. The molecule has 2 nitrogen and oxygen atoms in total. The third kappa shape index (κ3) is 5.21. The molecule has 0 atom stereocenters. The highest BCUT2D eigenvalue weighted by molar-refractivity contribution is 5.76. The van der Waals surface area contributed by atoms with Crippen LogP contribution in [0.15, 0.2) is 0 Å². The van der Waals surface area contributed by atoms with Gasteiger partial charge >= 0.3 is 0 Å². The molecule has 0 aromatic rings. The molecule has 0 saturated heterocycles. The molecule has 1 aliphatic rings. The molecule has 1 rings (SSSR count). The molecule has 0 unspecified atom stereocenters. The Hall–Kier alpha value is -0.970. The Labute approximate surface area is 99.4 Å². The minimum Gasteiger partial charge on any atom is -0.331 e. The Morgan fingerprint density at radius 2 is 2.12 bits per heavy atom. The van der Waals surface area contributed by atoms with E-state index in [1.54, 1.807) is 0 Å². The topological polar surface area (TPSA) is 20.3 Å². The summed E-state index contributed by atoms with van der Waals surface area (Å²) >= 11 is 0. The summed E-state index contributed by atoms with van der Waals surface area (Å²) in [7, 11) is 0. The SMILES string of the molecule is C#CCN(CC1CC1)C(=O)CCCCCC. The second-order valence-corrected chi connectivity index (χ2v) is 4.73. The maximum atomic E-state index is 11.9. The molecule has 16 heavy (non-hydrogen) atoms. The van der Waals surface area contributed by atoms with Crippen LogP contribution in [0.3, 0.4) is 0 Å². The first-order valence-corrected chi connectivity index (χ1v) is 6.49. The molecule has 0 heterocycles. The van der Waals surface area contributed by atoms with Gasteiger partial charge in [0.25, 0.3) is 0 Å². The van der Waals surface area contributed by atoms with Crippen molar-refractivity contribution in [3.8, 4) is 12.3 Å². The van der Waals surface area contributed by atoms with Crippen molar-refractivity contribution >= 4 is 5.91 Å². The Balaban J connectivity index is 2.20. The first-order valence-electron chi connectivity index (χ1n) is 6.49. The largest absolute Gasteiger partial charge is 0.331 e. The van der Waals surface area contributed by atoms with Gasteiger partial charge in [0.1, 0.15) is 0 Å². The summed E-state index contributed by atoms with van der Waals surface area (Å²) in [4.78, 5) is 13.8. The molecule has 0 spiro atoms. The predicted octanol–water partition coefficient (Wildman–Crippen LogP) is 2.83. The second kappa shape index (κ2) is 7.33. The molecule has 1 fully saturated rings. The molecule has 1 amide bonds. The lowest BCUT2D eigenvalue weighted by molar-refractivity contribution is -0.130. The van der Waals surface area contributed by atoms with Gasteiger partial charge in [0, 0.05) is 13.0 Å². The van der Waals surface area contributed by atoms with Crippen LogP contribution in [-0.2, 0) is 4.79 Å². The van der Waals surface area contributed by atoms with Crippen molar-refractivity contribution in [1.82, 2.24) is 4.90 Å². The Morgan fingerprint density at radius 3 is 2.69 bits per heavy atom. The van der Waals surface area contributed by atoms with Crippen molar-refractivity contribution < 1.29 is 4.79 Å². The second-order valence-electron chi connectivity index (χ2n) is 4.73. The van der Waals surface area contributed by atoms with E-state index in [1.165, 1.54) is 25.7 Å². The molecular formula is C14H23NO. The van der Waals surface area contributed by atoms with Crippen LogP contribution in [0.2, 0.25) is 0 Å². The summed E-state index contributed by atoms with van der Waals surface area (Å²) in [6.45, 7) is 3.56. The van der Waals surface area contributed by atoms with Crippen LogP contribution in [0.4, 0.5) is 0 Å². The van der Waals surface area contributed by atoms with E-state index in [2.05, 4.69) is 12.8 Å². The zero-order chi connectivity index (χ0) is 11.8. The fourth-order valence-corrected chi connectivity index (χ4v) is 1.84. The van der Waals surface area contributed by atoms with Gasteiger partial charge in [-0.1, -0.05) is 32.1 Å². The number of nitrogens with zero attached hydrogens (tertiary/aromatic N) is 1. The van der Waals surface area contributed by atoms with Crippen LogP contribution in [0.1, 0.15) is 51.9 Å². The molecule has 0 N–H and O–H groups in total. The monoisotopic (exact) mass is 221 g/mol. The lowest BCUT2D eigenvalue weighted by Crippen LogP contribution is -2.33. The summed E-state index contributed by atoms with van der Waals surface area (Å²) in [6, 6.07) is 0. The van der Waals surface area contributed by atoms with Gasteiger partial charge in [-0.3, -0.25) is 4.79 Å². The number of terminal acetylenes is 1. The molecule has 0 radical (unpaired) electrons. The zero-order valence-corrected chi connectivity index (χ0v) is 10.4. The Morgan fingerprint density at radius 1 is 1.38 bits per heavy atom. The van der Waals surface area contributed by atoms with Gasteiger partial charge in [-0.25, -0.2) is 0 Å². The first-order chi connectivity index (χ1) is 7.77.